The molecular weight excluding hydrogens is 536 g/mol. The summed E-state index contributed by atoms with van der Waals surface area (Å²) in [4.78, 5) is 44.5. The lowest BCUT2D eigenvalue weighted by molar-refractivity contribution is -0.159. The molecule has 0 atom stereocenters. The Labute approximate surface area is 246 Å². The zero-order chi connectivity index (χ0) is 30.2. The van der Waals surface area contributed by atoms with Crippen molar-refractivity contribution in [2.75, 3.05) is 39.4 Å². The SMILES string of the molecule is C#CCN(CC(=O)NCC(=O)N(Cc1cccc2ncccc12)CC(OCC)OCC)NC(=O)NCc1ccccc1. The van der Waals surface area contributed by atoms with Gasteiger partial charge in [-0.1, -0.05) is 54.5 Å². The second-order valence-corrected chi connectivity index (χ2v) is 9.22. The van der Waals surface area contributed by atoms with E-state index in [0.717, 1.165) is 22.0 Å². The van der Waals surface area contributed by atoms with E-state index >= 15 is 0 Å². The molecular formula is C31H38N6O5. The Morgan fingerprint density at radius 2 is 1.74 bits per heavy atom. The highest BCUT2D eigenvalue weighted by Crippen LogP contribution is 2.19. The van der Waals surface area contributed by atoms with Crippen LogP contribution in [0.1, 0.15) is 25.0 Å². The molecule has 0 saturated heterocycles. The minimum Gasteiger partial charge on any atom is -0.351 e. The lowest BCUT2D eigenvalue weighted by atomic mass is 10.1. The average molecular weight is 575 g/mol. The molecule has 0 bridgehead atoms. The Balaban J connectivity index is 1.61. The molecule has 0 aliphatic heterocycles. The first-order valence-corrected chi connectivity index (χ1v) is 13.8. The van der Waals surface area contributed by atoms with Crippen LogP contribution in [-0.2, 0) is 32.2 Å². The van der Waals surface area contributed by atoms with Gasteiger partial charge in [0.15, 0.2) is 6.29 Å². The van der Waals surface area contributed by atoms with Crippen molar-refractivity contribution in [1.82, 2.24) is 31.0 Å². The van der Waals surface area contributed by atoms with E-state index in [-0.39, 0.29) is 38.6 Å². The number of hydrogen-bond donors (Lipinski definition) is 3. The first-order valence-electron chi connectivity index (χ1n) is 13.8. The Hall–Kier alpha value is -4.50. The van der Waals surface area contributed by atoms with Crippen LogP contribution in [0.5, 0.6) is 0 Å². The molecule has 11 nitrogen and oxygen atoms in total. The molecule has 3 rings (SSSR count). The summed E-state index contributed by atoms with van der Waals surface area (Å²) in [5.74, 6) is 1.61. The highest BCUT2D eigenvalue weighted by Gasteiger charge is 2.22. The highest BCUT2D eigenvalue weighted by molar-refractivity contribution is 5.87. The van der Waals surface area contributed by atoms with Crippen LogP contribution in [-0.4, -0.2) is 78.4 Å². The van der Waals surface area contributed by atoms with Gasteiger partial charge in [0, 0.05) is 37.9 Å². The molecule has 0 radical (unpaired) electrons. The van der Waals surface area contributed by atoms with Crippen molar-refractivity contribution < 1.29 is 23.9 Å². The number of nitrogens with zero attached hydrogens (tertiary/aromatic N) is 3. The third-order valence-corrected chi connectivity index (χ3v) is 6.13. The summed E-state index contributed by atoms with van der Waals surface area (Å²) in [7, 11) is 0. The molecule has 0 aliphatic rings. The summed E-state index contributed by atoms with van der Waals surface area (Å²) >= 11 is 0. The molecule has 0 saturated carbocycles. The van der Waals surface area contributed by atoms with Crippen molar-refractivity contribution in [3.05, 3.63) is 78.0 Å². The molecule has 0 spiro atoms. The van der Waals surface area contributed by atoms with Crippen LogP contribution in [0.4, 0.5) is 4.79 Å². The summed E-state index contributed by atoms with van der Waals surface area (Å²) in [6.45, 7) is 4.76. The minimum absolute atomic E-state index is 0.00818. The van der Waals surface area contributed by atoms with Crippen molar-refractivity contribution in [2.24, 2.45) is 0 Å². The van der Waals surface area contributed by atoms with Gasteiger partial charge in [0.05, 0.1) is 31.7 Å². The summed E-state index contributed by atoms with van der Waals surface area (Å²) in [6, 6.07) is 18.4. The number of carbonyl (C=O) groups is 3. The number of fused-ring (bicyclic) bond motifs is 1. The molecule has 0 fully saturated rings. The number of nitrogens with one attached hydrogen (secondary N) is 3. The van der Waals surface area contributed by atoms with Gasteiger partial charge >= 0.3 is 6.03 Å². The predicted octanol–water partition coefficient (Wildman–Crippen LogP) is 2.43. The molecule has 11 heteroatoms. The second-order valence-electron chi connectivity index (χ2n) is 9.22. The average Bonchev–Trinajstić information content (AvgIpc) is 2.99. The van der Waals surface area contributed by atoms with Crippen LogP contribution in [0, 0.1) is 12.3 Å². The molecule has 3 N–H and O–H groups in total. The van der Waals surface area contributed by atoms with Crippen molar-refractivity contribution in [3.63, 3.8) is 0 Å². The molecule has 3 aromatic rings. The van der Waals surface area contributed by atoms with Crippen molar-refractivity contribution in [3.8, 4) is 12.3 Å². The number of benzene rings is 2. The number of carbonyl (C=O) groups excluding carboxylic acids is 3. The maximum atomic E-state index is 13.4. The number of terminal acetylenes is 1. The van der Waals surface area contributed by atoms with Crippen LogP contribution < -0.4 is 16.1 Å². The molecule has 0 aliphatic carbocycles. The third-order valence-electron chi connectivity index (χ3n) is 6.13. The summed E-state index contributed by atoms with van der Waals surface area (Å²) in [5.41, 5.74) is 5.22. The lowest BCUT2D eigenvalue weighted by Crippen LogP contribution is -2.52. The largest absolute Gasteiger partial charge is 0.351 e. The molecule has 4 amide bonds. The van der Waals surface area contributed by atoms with Crippen LogP contribution in [0.2, 0.25) is 0 Å². The maximum absolute atomic E-state index is 13.4. The number of urea groups is 1. The number of hydrogen-bond acceptors (Lipinski definition) is 7. The molecule has 42 heavy (non-hydrogen) atoms. The summed E-state index contributed by atoms with van der Waals surface area (Å²) in [5, 5.41) is 7.57. The van der Waals surface area contributed by atoms with Gasteiger partial charge in [-0.15, -0.1) is 6.42 Å². The minimum atomic E-state index is -0.627. The van der Waals surface area contributed by atoms with E-state index in [4.69, 9.17) is 15.9 Å². The van der Waals surface area contributed by atoms with Crippen LogP contribution in [0.15, 0.2) is 66.9 Å². The fourth-order valence-corrected chi connectivity index (χ4v) is 4.19. The Morgan fingerprint density at radius 3 is 2.45 bits per heavy atom. The first-order chi connectivity index (χ1) is 20.4. The second kappa shape index (κ2) is 17.3. The Bertz CT molecular complexity index is 1340. The number of amides is 4. The fourth-order valence-electron chi connectivity index (χ4n) is 4.19. The van der Waals surface area contributed by atoms with Gasteiger partial charge < -0.3 is 25.0 Å². The zero-order valence-electron chi connectivity index (χ0n) is 24.0. The number of pyridine rings is 1. The van der Waals surface area contributed by atoms with E-state index in [2.05, 4.69) is 27.0 Å². The van der Waals surface area contributed by atoms with Gasteiger partial charge in [-0.05, 0) is 37.1 Å². The van der Waals surface area contributed by atoms with Gasteiger partial charge in [0.2, 0.25) is 11.8 Å². The molecule has 1 aromatic heterocycles. The standard InChI is InChI=1S/C31H38N6O5/c1-4-18-37(35-31(40)34-19-24-12-8-7-9-13-24)22-28(38)33-20-29(39)36(23-30(41-5-2)42-6-3)21-25-14-10-16-27-26(25)15-11-17-32-27/h1,7-17,30H,5-6,18-23H2,2-3H3,(H,33,38)(H2,34,35,40). The Morgan fingerprint density at radius 1 is 0.976 bits per heavy atom. The quantitative estimate of drug-likeness (QED) is 0.136. The van der Waals surface area contributed by atoms with Gasteiger partial charge in [-0.25, -0.2) is 4.79 Å². The van der Waals surface area contributed by atoms with E-state index in [0.29, 0.717) is 19.8 Å². The number of aromatic nitrogens is 1. The number of rotatable bonds is 16. The van der Waals surface area contributed by atoms with Crippen LogP contribution in [0.3, 0.4) is 0 Å². The van der Waals surface area contributed by atoms with Crippen molar-refractivity contribution in [2.45, 2.75) is 33.2 Å². The van der Waals surface area contributed by atoms with Crippen LogP contribution >= 0.6 is 0 Å². The van der Waals surface area contributed by atoms with E-state index in [1.165, 1.54) is 5.01 Å². The number of hydrazine groups is 1. The lowest BCUT2D eigenvalue weighted by Gasteiger charge is -2.28. The van der Waals surface area contributed by atoms with E-state index in [1.807, 2.05) is 74.5 Å². The summed E-state index contributed by atoms with van der Waals surface area (Å²) < 4.78 is 11.4. The smallest absolute Gasteiger partial charge is 0.329 e. The van der Waals surface area contributed by atoms with Crippen molar-refractivity contribution >= 4 is 28.7 Å². The first kappa shape index (κ1) is 32.0. The normalized spacial score (nSPS) is 10.8. The van der Waals surface area contributed by atoms with Gasteiger partial charge in [0.1, 0.15) is 0 Å². The monoisotopic (exact) mass is 574 g/mol. The van der Waals surface area contributed by atoms with E-state index in [9.17, 15) is 14.4 Å². The molecule has 1 heterocycles. The molecule has 222 valence electrons. The zero-order valence-corrected chi connectivity index (χ0v) is 24.0. The highest BCUT2D eigenvalue weighted by atomic mass is 16.7. The summed E-state index contributed by atoms with van der Waals surface area (Å²) in [6.07, 6.45) is 6.52. The molecule has 2 aromatic carbocycles. The predicted molar refractivity (Wildman–Crippen MR) is 159 cm³/mol. The van der Waals surface area contributed by atoms with E-state index in [1.54, 1.807) is 11.1 Å². The number of ether oxygens (including phenoxy) is 2. The van der Waals surface area contributed by atoms with Crippen molar-refractivity contribution in [1.29, 1.82) is 0 Å². The topological polar surface area (TPSA) is 125 Å². The van der Waals surface area contributed by atoms with Gasteiger partial charge in [-0.2, -0.15) is 5.01 Å². The maximum Gasteiger partial charge on any atom is 0.329 e. The third kappa shape index (κ3) is 10.5. The van der Waals surface area contributed by atoms with Gasteiger partial charge in [0.25, 0.3) is 0 Å². The van der Waals surface area contributed by atoms with E-state index < -0.39 is 18.2 Å². The molecule has 0 unspecified atom stereocenters. The van der Waals surface area contributed by atoms with Gasteiger partial charge in [-0.3, -0.25) is 20.0 Å². The fraction of sp³-hybridized carbons (Fsp3) is 0.355. The van der Waals surface area contributed by atoms with Crippen LogP contribution in [0.25, 0.3) is 10.9 Å². The Kier molecular flexibility index (Phi) is 13.2.